The van der Waals surface area contributed by atoms with Gasteiger partial charge in [0, 0.05) is 24.0 Å². The molecule has 23 heavy (non-hydrogen) atoms. The summed E-state index contributed by atoms with van der Waals surface area (Å²) in [5.74, 6) is 0.209. The zero-order chi connectivity index (χ0) is 16.4. The molecule has 1 aliphatic rings. The molecule has 1 aromatic carbocycles. The molecule has 1 heterocycles. The van der Waals surface area contributed by atoms with Crippen LogP contribution in [0.5, 0.6) is 5.75 Å². The molecule has 0 spiro atoms. The highest BCUT2D eigenvalue weighted by atomic mass is 16.4. The lowest BCUT2D eigenvalue weighted by Gasteiger charge is -2.33. The summed E-state index contributed by atoms with van der Waals surface area (Å²) in [6.45, 7) is 5.60. The minimum absolute atomic E-state index is 0.209. The van der Waals surface area contributed by atoms with Crippen LogP contribution in [0.4, 0.5) is 0 Å². The van der Waals surface area contributed by atoms with Gasteiger partial charge in [-0.05, 0) is 44.0 Å². The zero-order valence-electron chi connectivity index (χ0n) is 14.0. The Bertz CT molecular complexity index is 744. The Morgan fingerprint density at radius 3 is 2.70 bits per heavy atom. The van der Waals surface area contributed by atoms with Crippen LogP contribution in [0.3, 0.4) is 0 Å². The topological polar surface area (TPSA) is 53.7 Å². The van der Waals surface area contributed by atoms with Crippen LogP contribution in [-0.2, 0) is 6.54 Å². The summed E-state index contributed by atoms with van der Waals surface area (Å²) in [6.07, 6.45) is 6.29. The van der Waals surface area contributed by atoms with E-state index in [0.29, 0.717) is 18.2 Å². The Morgan fingerprint density at radius 1 is 1.26 bits per heavy atom. The summed E-state index contributed by atoms with van der Waals surface area (Å²) in [4.78, 5) is 14.2. The Hall–Kier alpha value is -1.81. The summed E-state index contributed by atoms with van der Waals surface area (Å²) < 4.78 is 5.44. The number of hydrogen-bond acceptors (Lipinski definition) is 4. The fourth-order valence-electron chi connectivity index (χ4n) is 3.73. The monoisotopic (exact) mass is 315 g/mol. The predicted octanol–water partition coefficient (Wildman–Crippen LogP) is 3.96. The zero-order valence-corrected chi connectivity index (χ0v) is 14.0. The Morgan fingerprint density at radius 2 is 2.00 bits per heavy atom. The lowest BCUT2D eigenvalue weighted by Crippen LogP contribution is -2.36. The summed E-state index contributed by atoms with van der Waals surface area (Å²) in [7, 11) is 0. The largest absolute Gasteiger partial charge is 0.507 e. The molecule has 1 saturated carbocycles. The van der Waals surface area contributed by atoms with E-state index in [-0.39, 0.29) is 11.4 Å². The highest BCUT2D eigenvalue weighted by Crippen LogP contribution is 2.31. The lowest BCUT2D eigenvalue weighted by molar-refractivity contribution is 0.154. The fraction of sp³-hybridized carbons (Fsp3) is 0.526. The van der Waals surface area contributed by atoms with E-state index >= 15 is 0 Å². The maximum absolute atomic E-state index is 11.8. The van der Waals surface area contributed by atoms with Gasteiger partial charge in [-0.2, -0.15) is 0 Å². The van der Waals surface area contributed by atoms with Gasteiger partial charge in [0.25, 0.3) is 0 Å². The molecule has 1 fully saturated rings. The first-order chi connectivity index (χ1) is 11.1. The van der Waals surface area contributed by atoms with E-state index in [0.717, 1.165) is 23.1 Å². The Kier molecular flexibility index (Phi) is 4.71. The van der Waals surface area contributed by atoms with Gasteiger partial charge in [0.1, 0.15) is 11.3 Å². The first-order valence-electron chi connectivity index (χ1n) is 8.59. The summed E-state index contributed by atoms with van der Waals surface area (Å²) >= 11 is 0. The van der Waals surface area contributed by atoms with Crippen LogP contribution in [0.15, 0.2) is 27.4 Å². The molecule has 4 nitrogen and oxygen atoms in total. The van der Waals surface area contributed by atoms with Crippen molar-refractivity contribution in [1.29, 1.82) is 0 Å². The standard InChI is InChI=1S/C19H25NO3/c1-3-20(14-7-5-4-6-8-14)12-16-17(21)10-9-15-13(2)11-18(22)23-19(15)16/h9-11,14,21H,3-8,12H2,1-2H3. The van der Waals surface area contributed by atoms with Crippen molar-refractivity contribution in [3.8, 4) is 5.75 Å². The average Bonchev–Trinajstić information content (AvgIpc) is 2.55. The minimum atomic E-state index is -0.359. The third-order valence-corrected chi connectivity index (χ3v) is 5.06. The van der Waals surface area contributed by atoms with Crippen LogP contribution in [0.25, 0.3) is 11.0 Å². The number of aromatic hydroxyl groups is 1. The molecule has 3 rings (SSSR count). The molecule has 124 valence electrons. The van der Waals surface area contributed by atoms with Gasteiger partial charge < -0.3 is 9.52 Å². The van der Waals surface area contributed by atoms with Crippen molar-refractivity contribution < 1.29 is 9.52 Å². The van der Waals surface area contributed by atoms with Crippen molar-refractivity contribution in [3.05, 3.63) is 39.7 Å². The summed E-state index contributed by atoms with van der Waals surface area (Å²) in [6, 6.07) is 5.59. The quantitative estimate of drug-likeness (QED) is 0.868. The molecule has 0 radical (unpaired) electrons. The summed E-state index contributed by atoms with van der Waals surface area (Å²) in [5, 5.41) is 11.2. The predicted molar refractivity (Wildman–Crippen MR) is 91.8 cm³/mol. The molecule has 0 saturated heterocycles. The molecule has 2 aromatic rings. The van der Waals surface area contributed by atoms with Gasteiger partial charge in [-0.25, -0.2) is 4.79 Å². The number of phenolic OH excluding ortho intramolecular Hbond substituents is 1. The number of nitrogens with zero attached hydrogens (tertiary/aromatic N) is 1. The van der Waals surface area contributed by atoms with Crippen molar-refractivity contribution in [2.45, 2.75) is 58.5 Å². The van der Waals surface area contributed by atoms with Crippen molar-refractivity contribution in [3.63, 3.8) is 0 Å². The molecule has 1 aliphatic carbocycles. The first kappa shape index (κ1) is 16.1. The van der Waals surface area contributed by atoms with Crippen LogP contribution in [0.2, 0.25) is 0 Å². The van der Waals surface area contributed by atoms with E-state index in [9.17, 15) is 9.90 Å². The highest BCUT2D eigenvalue weighted by molar-refractivity contribution is 5.84. The highest BCUT2D eigenvalue weighted by Gasteiger charge is 2.22. The van der Waals surface area contributed by atoms with Crippen LogP contribution in [-0.4, -0.2) is 22.6 Å². The maximum Gasteiger partial charge on any atom is 0.336 e. The van der Waals surface area contributed by atoms with Crippen molar-refractivity contribution in [2.24, 2.45) is 0 Å². The molecular formula is C19H25NO3. The van der Waals surface area contributed by atoms with Gasteiger partial charge in [0.05, 0.1) is 5.56 Å². The van der Waals surface area contributed by atoms with Gasteiger partial charge in [-0.3, -0.25) is 4.90 Å². The normalized spacial score (nSPS) is 16.3. The Balaban J connectivity index is 2.00. The van der Waals surface area contributed by atoms with E-state index in [1.165, 1.54) is 38.2 Å². The molecule has 0 bridgehead atoms. The molecule has 1 aromatic heterocycles. The number of fused-ring (bicyclic) bond motifs is 1. The third-order valence-electron chi connectivity index (χ3n) is 5.06. The van der Waals surface area contributed by atoms with Gasteiger partial charge in [0.15, 0.2) is 0 Å². The third kappa shape index (κ3) is 3.27. The van der Waals surface area contributed by atoms with Crippen LogP contribution in [0.1, 0.15) is 50.2 Å². The minimum Gasteiger partial charge on any atom is -0.507 e. The lowest BCUT2D eigenvalue weighted by atomic mass is 9.93. The number of rotatable bonds is 4. The fourth-order valence-corrected chi connectivity index (χ4v) is 3.73. The smallest absolute Gasteiger partial charge is 0.336 e. The van der Waals surface area contributed by atoms with E-state index < -0.39 is 0 Å². The molecule has 0 atom stereocenters. The second-order valence-electron chi connectivity index (χ2n) is 6.54. The number of benzene rings is 1. The number of aryl methyl sites for hydroxylation is 1. The summed E-state index contributed by atoms with van der Waals surface area (Å²) in [5.41, 5.74) is 1.79. The Labute approximate surface area is 136 Å². The van der Waals surface area contributed by atoms with Crippen LogP contribution in [0, 0.1) is 6.92 Å². The first-order valence-corrected chi connectivity index (χ1v) is 8.59. The second-order valence-corrected chi connectivity index (χ2v) is 6.54. The van der Waals surface area contributed by atoms with E-state index in [4.69, 9.17) is 4.42 Å². The van der Waals surface area contributed by atoms with Crippen molar-refractivity contribution >= 4 is 11.0 Å². The molecule has 0 amide bonds. The van der Waals surface area contributed by atoms with Crippen molar-refractivity contribution in [1.82, 2.24) is 4.90 Å². The van der Waals surface area contributed by atoms with Crippen LogP contribution >= 0.6 is 0 Å². The maximum atomic E-state index is 11.8. The van der Waals surface area contributed by atoms with Crippen molar-refractivity contribution in [2.75, 3.05) is 6.54 Å². The molecule has 0 unspecified atom stereocenters. The molecular weight excluding hydrogens is 290 g/mol. The van der Waals surface area contributed by atoms with E-state index in [2.05, 4.69) is 11.8 Å². The number of hydrogen-bond donors (Lipinski definition) is 1. The van der Waals surface area contributed by atoms with E-state index in [1.807, 2.05) is 13.0 Å². The van der Waals surface area contributed by atoms with E-state index in [1.54, 1.807) is 6.07 Å². The second kappa shape index (κ2) is 6.75. The number of phenols is 1. The SMILES string of the molecule is CCN(Cc1c(O)ccc2c(C)cc(=O)oc12)C1CCCCC1. The molecule has 4 heteroatoms. The van der Waals surface area contributed by atoms with Crippen LogP contribution < -0.4 is 5.63 Å². The molecule has 0 aliphatic heterocycles. The van der Waals surface area contributed by atoms with Gasteiger partial charge in [0.2, 0.25) is 0 Å². The molecule has 1 N–H and O–H groups in total. The average molecular weight is 315 g/mol. The van der Waals surface area contributed by atoms with Gasteiger partial charge >= 0.3 is 5.63 Å². The van der Waals surface area contributed by atoms with Gasteiger partial charge in [-0.15, -0.1) is 0 Å². The van der Waals surface area contributed by atoms with Gasteiger partial charge in [-0.1, -0.05) is 26.2 Å².